The quantitative estimate of drug-likeness (QED) is 0.379. The Hall–Kier alpha value is -3.12. The van der Waals surface area contributed by atoms with E-state index in [0.29, 0.717) is 23.1 Å². The van der Waals surface area contributed by atoms with Crippen LogP contribution in [-0.2, 0) is 9.59 Å². The van der Waals surface area contributed by atoms with E-state index >= 15 is 0 Å². The van der Waals surface area contributed by atoms with Crippen LogP contribution in [0.25, 0.3) is 16.9 Å². The zero-order chi connectivity index (χ0) is 24.6. The summed E-state index contributed by atoms with van der Waals surface area (Å²) in [5, 5.41) is 8.27. The van der Waals surface area contributed by atoms with Gasteiger partial charge in [0, 0.05) is 24.1 Å². The van der Waals surface area contributed by atoms with Crippen molar-refractivity contribution in [2.75, 3.05) is 18.4 Å². The van der Waals surface area contributed by atoms with E-state index in [2.05, 4.69) is 12.2 Å². The fraction of sp³-hybridized carbons (Fsp3) is 0.393. The van der Waals surface area contributed by atoms with Gasteiger partial charge in [0.05, 0.1) is 22.9 Å². The molecule has 4 rings (SSSR count). The normalized spacial score (nSPS) is 14.0. The van der Waals surface area contributed by atoms with Gasteiger partial charge in [-0.25, -0.2) is 4.68 Å². The highest BCUT2D eigenvalue weighted by Gasteiger charge is 2.27. The third-order valence-electron chi connectivity index (χ3n) is 6.51. The largest absolute Gasteiger partial charge is 0.333 e. The molecule has 1 aliphatic carbocycles. The van der Waals surface area contributed by atoms with E-state index in [0.717, 1.165) is 49.8 Å². The summed E-state index contributed by atoms with van der Waals surface area (Å²) in [7, 11) is 0. The minimum Gasteiger partial charge on any atom is -0.333 e. The molecule has 0 saturated heterocycles. The van der Waals surface area contributed by atoms with Crippen molar-refractivity contribution in [1.29, 1.82) is 0 Å². The number of nitrogens with one attached hydrogen (secondary N) is 1. The molecule has 0 spiro atoms. The molecule has 0 radical (unpaired) electrons. The minimum absolute atomic E-state index is 0.0315. The van der Waals surface area contributed by atoms with E-state index in [1.165, 1.54) is 6.42 Å². The first-order valence-corrected chi connectivity index (χ1v) is 12.9. The Balaban J connectivity index is 1.57. The summed E-state index contributed by atoms with van der Waals surface area (Å²) in [6, 6.07) is 19.0. The number of benzene rings is 2. The summed E-state index contributed by atoms with van der Waals surface area (Å²) in [6.07, 6.45) is 7.05. The van der Waals surface area contributed by atoms with Crippen LogP contribution in [0.5, 0.6) is 0 Å². The first kappa shape index (κ1) is 25.0. The number of amides is 2. The average Bonchev–Trinajstić information content (AvgIpc) is 3.30. The van der Waals surface area contributed by atoms with Crippen LogP contribution < -0.4 is 5.32 Å². The summed E-state index contributed by atoms with van der Waals surface area (Å²) in [4.78, 5) is 28.2. The molecule has 1 saturated carbocycles. The van der Waals surface area contributed by atoms with E-state index in [-0.39, 0.29) is 24.3 Å². The van der Waals surface area contributed by atoms with Gasteiger partial charge in [-0.1, -0.05) is 86.7 Å². The summed E-state index contributed by atoms with van der Waals surface area (Å²) >= 11 is 6.47. The number of para-hydroxylation sites is 1. The van der Waals surface area contributed by atoms with Gasteiger partial charge in [-0.2, -0.15) is 5.10 Å². The van der Waals surface area contributed by atoms with Crippen molar-refractivity contribution in [3.63, 3.8) is 0 Å². The van der Waals surface area contributed by atoms with Gasteiger partial charge in [0.1, 0.15) is 5.82 Å². The first-order valence-electron chi connectivity index (χ1n) is 12.6. The van der Waals surface area contributed by atoms with Gasteiger partial charge in [-0.05, 0) is 31.4 Å². The number of hydrogen-bond acceptors (Lipinski definition) is 3. The lowest BCUT2D eigenvalue weighted by atomic mass is 9.88. The Morgan fingerprint density at radius 3 is 2.49 bits per heavy atom. The van der Waals surface area contributed by atoms with Crippen molar-refractivity contribution < 1.29 is 9.59 Å². The molecule has 1 aliphatic rings. The molecule has 184 valence electrons. The minimum atomic E-state index is -0.238. The number of halogens is 1. The maximum Gasteiger partial charge on any atom is 0.245 e. The molecule has 2 aromatic carbocycles. The van der Waals surface area contributed by atoms with E-state index in [9.17, 15) is 9.59 Å². The van der Waals surface area contributed by atoms with Gasteiger partial charge in [0.2, 0.25) is 11.8 Å². The number of carbonyl (C=O) groups excluding carboxylic acids is 2. The van der Waals surface area contributed by atoms with E-state index in [1.54, 1.807) is 15.6 Å². The Morgan fingerprint density at radius 2 is 1.77 bits per heavy atom. The average molecular weight is 493 g/mol. The van der Waals surface area contributed by atoms with Crippen molar-refractivity contribution in [2.45, 2.75) is 51.9 Å². The standard InChI is InChI=1S/C28H33ClN4O2/c1-2-3-18-32(28(35)22-14-8-5-9-15-22)20-27(34)30-26-19-24(21-12-6-4-7-13-21)31-33(26)25-17-11-10-16-23(25)29/h4,6-7,10-13,16-17,19,22H,2-3,5,8-9,14-15,18,20H2,1H3,(H,30,34). The molecule has 3 aromatic rings. The highest BCUT2D eigenvalue weighted by molar-refractivity contribution is 6.32. The van der Waals surface area contributed by atoms with E-state index in [1.807, 2.05) is 54.6 Å². The Labute approximate surface area is 212 Å². The Morgan fingerprint density at radius 1 is 1.06 bits per heavy atom. The molecular weight excluding hydrogens is 460 g/mol. The van der Waals surface area contributed by atoms with Crippen LogP contribution in [0.4, 0.5) is 5.82 Å². The van der Waals surface area contributed by atoms with Crippen LogP contribution in [-0.4, -0.2) is 39.6 Å². The molecule has 2 amide bonds. The first-order chi connectivity index (χ1) is 17.1. The molecule has 0 atom stereocenters. The van der Waals surface area contributed by atoms with Gasteiger partial charge < -0.3 is 10.2 Å². The molecule has 1 fully saturated rings. The van der Waals surface area contributed by atoms with Crippen molar-refractivity contribution in [2.24, 2.45) is 5.92 Å². The second kappa shape index (κ2) is 12.0. The SMILES string of the molecule is CCCCN(CC(=O)Nc1cc(-c2ccccc2)nn1-c1ccccc1Cl)C(=O)C1CCCCC1. The molecule has 1 aromatic heterocycles. The highest BCUT2D eigenvalue weighted by atomic mass is 35.5. The molecule has 35 heavy (non-hydrogen) atoms. The number of carbonyl (C=O) groups is 2. The predicted octanol–water partition coefficient (Wildman–Crippen LogP) is 6.34. The summed E-state index contributed by atoms with van der Waals surface area (Å²) in [6.45, 7) is 2.72. The van der Waals surface area contributed by atoms with Crippen LogP contribution >= 0.6 is 11.6 Å². The van der Waals surface area contributed by atoms with Gasteiger partial charge in [0.25, 0.3) is 0 Å². The zero-order valence-electron chi connectivity index (χ0n) is 20.3. The lowest BCUT2D eigenvalue weighted by molar-refractivity contribution is -0.139. The number of anilines is 1. The molecule has 0 unspecified atom stereocenters. The van der Waals surface area contributed by atoms with Gasteiger partial charge in [-0.15, -0.1) is 0 Å². The van der Waals surface area contributed by atoms with Crippen LogP contribution in [0, 0.1) is 5.92 Å². The Bertz CT molecular complexity index is 1140. The smallest absolute Gasteiger partial charge is 0.245 e. The van der Waals surface area contributed by atoms with E-state index < -0.39 is 0 Å². The summed E-state index contributed by atoms with van der Waals surface area (Å²) < 4.78 is 1.65. The number of unbranched alkanes of at least 4 members (excludes halogenated alkanes) is 1. The van der Waals surface area contributed by atoms with Crippen LogP contribution in [0.3, 0.4) is 0 Å². The summed E-state index contributed by atoms with van der Waals surface area (Å²) in [5.41, 5.74) is 2.33. The third-order valence-corrected chi connectivity index (χ3v) is 6.83. The van der Waals surface area contributed by atoms with Crippen molar-refractivity contribution in [3.05, 3.63) is 65.7 Å². The van der Waals surface area contributed by atoms with Crippen LogP contribution in [0.15, 0.2) is 60.7 Å². The summed E-state index contributed by atoms with van der Waals surface area (Å²) in [5.74, 6) is 0.421. The topological polar surface area (TPSA) is 67.2 Å². The van der Waals surface area contributed by atoms with Crippen LogP contribution in [0.2, 0.25) is 5.02 Å². The third kappa shape index (κ3) is 6.31. The number of rotatable bonds is 9. The molecule has 7 heteroatoms. The van der Waals surface area contributed by atoms with E-state index in [4.69, 9.17) is 16.7 Å². The second-order valence-corrected chi connectivity index (χ2v) is 9.55. The van der Waals surface area contributed by atoms with Crippen molar-refractivity contribution in [1.82, 2.24) is 14.7 Å². The maximum atomic E-state index is 13.2. The fourth-order valence-corrected chi connectivity index (χ4v) is 4.82. The van der Waals surface area contributed by atoms with Crippen molar-refractivity contribution in [3.8, 4) is 16.9 Å². The lowest BCUT2D eigenvalue weighted by Gasteiger charge is -2.29. The zero-order valence-corrected chi connectivity index (χ0v) is 21.0. The second-order valence-electron chi connectivity index (χ2n) is 9.14. The van der Waals surface area contributed by atoms with Crippen LogP contribution in [0.1, 0.15) is 51.9 Å². The molecule has 0 aliphatic heterocycles. The van der Waals surface area contributed by atoms with Gasteiger partial charge >= 0.3 is 0 Å². The lowest BCUT2D eigenvalue weighted by Crippen LogP contribution is -2.42. The Kier molecular flexibility index (Phi) is 8.59. The number of hydrogen-bond donors (Lipinski definition) is 1. The number of nitrogens with zero attached hydrogens (tertiary/aromatic N) is 3. The monoisotopic (exact) mass is 492 g/mol. The number of aromatic nitrogens is 2. The highest BCUT2D eigenvalue weighted by Crippen LogP contribution is 2.29. The predicted molar refractivity (Wildman–Crippen MR) is 141 cm³/mol. The van der Waals surface area contributed by atoms with Gasteiger partial charge in [0.15, 0.2) is 0 Å². The molecule has 1 N–H and O–H groups in total. The van der Waals surface area contributed by atoms with Gasteiger partial charge in [-0.3, -0.25) is 9.59 Å². The maximum absolute atomic E-state index is 13.2. The fourth-order valence-electron chi connectivity index (χ4n) is 4.61. The molecule has 1 heterocycles. The molecule has 0 bridgehead atoms. The van der Waals surface area contributed by atoms with Crippen molar-refractivity contribution >= 4 is 29.2 Å². The molecular formula is C28H33ClN4O2. The molecule has 6 nitrogen and oxygen atoms in total.